The lowest BCUT2D eigenvalue weighted by atomic mass is 10.3. The Bertz CT molecular complexity index is 536. The van der Waals surface area contributed by atoms with Gasteiger partial charge in [-0.2, -0.15) is 4.31 Å². The summed E-state index contributed by atoms with van der Waals surface area (Å²) in [4.78, 5) is 12.3. The Balaban J connectivity index is 2.23. The molecule has 0 radical (unpaired) electrons. The van der Waals surface area contributed by atoms with Crippen molar-refractivity contribution in [2.24, 2.45) is 0 Å². The van der Waals surface area contributed by atoms with E-state index in [9.17, 15) is 13.2 Å². The fraction of sp³-hybridized carbons (Fsp3) is 0.364. The van der Waals surface area contributed by atoms with Crippen molar-refractivity contribution in [2.45, 2.75) is 4.90 Å². The summed E-state index contributed by atoms with van der Waals surface area (Å²) in [5.41, 5.74) is 5.94. The Morgan fingerprint density at radius 2 is 1.72 bits per heavy atom. The normalized spacial score (nSPS) is 17.7. The number of carbonyl (C=O) groups is 1. The molecule has 98 valence electrons. The smallest absolute Gasteiger partial charge is 0.245 e. The number of piperazine rings is 1. The van der Waals surface area contributed by atoms with Gasteiger partial charge in [0.15, 0.2) is 0 Å². The van der Waals surface area contributed by atoms with Gasteiger partial charge in [-0.05, 0) is 12.1 Å². The van der Waals surface area contributed by atoms with Gasteiger partial charge in [0.2, 0.25) is 16.4 Å². The van der Waals surface area contributed by atoms with Crippen LogP contribution in [0, 0.1) is 0 Å². The maximum atomic E-state index is 12.3. The number of hydrogen-bond donors (Lipinski definition) is 1. The molecule has 7 heteroatoms. The average molecular weight is 269 g/mol. The van der Waals surface area contributed by atoms with Gasteiger partial charge in [-0.25, -0.2) is 8.42 Å². The van der Waals surface area contributed by atoms with Crippen LogP contribution in [0.1, 0.15) is 0 Å². The molecule has 0 aliphatic carbocycles. The minimum atomic E-state index is -3.56. The Hall–Kier alpha value is -1.60. The predicted octanol–water partition coefficient (Wildman–Crippen LogP) is -0.269. The molecule has 1 aromatic rings. The van der Waals surface area contributed by atoms with E-state index < -0.39 is 10.0 Å². The first-order valence-corrected chi connectivity index (χ1v) is 7.03. The Morgan fingerprint density at radius 3 is 2.28 bits per heavy atom. The molecule has 1 saturated heterocycles. The third kappa shape index (κ3) is 2.32. The van der Waals surface area contributed by atoms with Crippen molar-refractivity contribution in [3.05, 3.63) is 24.3 Å². The molecule has 0 saturated carbocycles. The van der Waals surface area contributed by atoms with E-state index in [1.165, 1.54) is 10.4 Å². The highest BCUT2D eigenvalue weighted by atomic mass is 32.2. The van der Waals surface area contributed by atoms with Gasteiger partial charge in [-0.15, -0.1) is 0 Å². The number of nitrogens with zero attached hydrogens (tertiary/aromatic N) is 2. The van der Waals surface area contributed by atoms with E-state index in [0.29, 0.717) is 26.2 Å². The minimum absolute atomic E-state index is 0.129. The number of nitrogen functional groups attached to an aromatic ring is 1. The van der Waals surface area contributed by atoms with Crippen LogP contribution in [0.4, 0.5) is 5.69 Å². The molecule has 2 N–H and O–H groups in total. The van der Waals surface area contributed by atoms with Crippen LogP contribution in [0.2, 0.25) is 0 Å². The van der Waals surface area contributed by atoms with E-state index in [1.54, 1.807) is 23.1 Å². The fourth-order valence-corrected chi connectivity index (χ4v) is 3.44. The zero-order chi connectivity index (χ0) is 13.2. The molecule has 0 atom stereocenters. The number of amides is 1. The highest BCUT2D eigenvalue weighted by Crippen LogP contribution is 2.22. The topological polar surface area (TPSA) is 83.7 Å². The number of benzene rings is 1. The number of para-hydroxylation sites is 1. The van der Waals surface area contributed by atoms with Gasteiger partial charge in [0.25, 0.3) is 0 Å². The lowest BCUT2D eigenvalue weighted by Gasteiger charge is -2.31. The second-order valence-corrected chi connectivity index (χ2v) is 5.99. The van der Waals surface area contributed by atoms with Crippen LogP contribution in [-0.2, 0) is 14.8 Å². The van der Waals surface area contributed by atoms with Gasteiger partial charge in [-0.3, -0.25) is 4.79 Å². The monoisotopic (exact) mass is 269 g/mol. The zero-order valence-electron chi connectivity index (χ0n) is 9.82. The van der Waals surface area contributed by atoms with Crippen molar-refractivity contribution >= 4 is 22.1 Å². The summed E-state index contributed by atoms with van der Waals surface area (Å²) in [6.45, 7) is 1.43. The number of nitrogens with two attached hydrogens (primary N) is 1. The van der Waals surface area contributed by atoms with Gasteiger partial charge in [0, 0.05) is 26.2 Å². The summed E-state index contributed by atoms with van der Waals surface area (Å²) in [6, 6.07) is 6.40. The molecule has 1 aromatic carbocycles. The zero-order valence-corrected chi connectivity index (χ0v) is 10.6. The van der Waals surface area contributed by atoms with Crippen LogP contribution in [0.3, 0.4) is 0 Å². The SMILES string of the molecule is Nc1ccccc1S(=O)(=O)N1CCN(C=O)CC1. The van der Waals surface area contributed by atoms with Crippen LogP contribution >= 0.6 is 0 Å². The molecular formula is C11H15N3O3S. The van der Waals surface area contributed by atoms with Crippen LogP contribution in [0.15, 0.2) is 29.2 Å². The second-order valence-electron chi connectivity index (χ2n) is 4.08. The third-order valence-corrected chi connectivity index (χ3v) is 4.93. The number of rotatable bonds is 3. The van der Waals surface area contributed by atoms with Gasteiger partial charge in [0.05, 0.1) is 5.69 Å². The Morgan fingerprint density at radius 1 is 1.11 bits per heavy atom. The molecule has 6 nitrogen and oxygen atoms in total. The molecule has 18 heavy (non-hydrogen) atoms. The molecule has 2 rings (SSSR count). The largest absolute Gasteiger partial charge is 0.398 e. The molecule has 0 unspecified atom stereocenters. The standard InChI is InChI=1S/C11H15N3O3S/c12-10-3-1-2-4-11(10)18(16,17)14-7-5-13(9-15)6-8-14/h1-4,9H,5-8,12H2. The highest BCUT2D eigenvalue weighted by Gasteiger charge is 2.29. The first-order chi connectivity index (χ1) is 8.55. The quantitative estimate of drug-likeness (QED) is 0.605. The van der Waals surface area contributed by atoms with Crippen molar-refractivity contribution in [1.29, 1.82) is 0 Å². The van der Waals surface area contributed by atoms with E-state index >= 15 is 0 Å². The first kappa shape index (κ1) is 12.8. The fourth-order valence-electron chi connectivity index (χ4n) is 1.90. The van der Waals surface area contributed by atoms with E-state index in [-0.39, 0.29) is 10.6 Å². The molecule has 1 amide bonds. The summed E-state index contributed by atoms with van der Waals surface area (Å²) in [5.74, 6) is 0. The molecule has 1 heterocycles. The van der Waals surface area contributed by atoms with Crippen molar-refractivity contribution in [1.82, 2.24) is 9.21 Å². The lowest BCUT2D eigenvalue weighted by molar-refractivity contribution is -0.119. The van der Waals surface area contributed by atoms with Gasteiger partial charge in [-0.1, -0.05) is 12.1 Å². The number of anilines is 1. The molecule has 0 aromatic heterocycles. The number of sulfonamides is 1. The third-order valence-electron chi connectivity index (χ3n) is 2.96. The molecular weight excluding hydrogens is 254 g/mol. The van der Waals surface area contributed by atoms with Gasteiger partial charge >= 0.3 is 0 Å². The molecule has 1 aliphatic rings. The van der Waals surface area contributed by atoms with Crippen molar-refractivity contribution in [3.63, 3.8) is 0 Å². The van der Waals surface area contributed by atoms with Crippen molar-refractivity contribution < 1.29 is 13.2 Å². The first-order valence-electron chi connectivity index (χ1n) is 5.59. The van der Waals surface area contributed by atoms with Crippen LogP contribution in [0.25, 0.3) is 0 Å². The van der Waals surface area contributed by atoms with Crippen LogP contribution < -0.4 is 5.73 Å². The number of carbonyl (C=O) groups excluding carboxylic acids is 1. The number of hydrogen-bond acceptors (Lipinski definition) is 4. The average Bonchev–Trinajstić information content (AvgIpc) is 2.39. The lowest BCUT2D eigenvalue weighted by Crippen LogP contribution is -2.48. The molecule has 0 spiro atoms. The molecule has 1 fully saturated rings. The van der Waals surface area contributed by atoms with Crippen LogP contribution in [-0.4, -0.2) is 50.2 Å². The molecule has 0 bridgehead atoms. The van der Waals surface area contributed by atoms with Crippen molar-refractivity contribution in [3.8, 4) is 0 Å². The summed E-state index contributed by atoms with van der Waals surface area (Å²) in [7, 11) is -3.56. The summed E-state index contributed by atoms with van der Waals surface area (Å²) in [5, 5.41) is 0. The summed E-state index contributed by atoms with van der Waals surface area (Å²) in [6.07, 6.45) is 0.737. The maximum absolute atomic E-state index is 12.3. The summed E-state index contributed by atoms with van der Waals surface area (Å²) >= 11 is 0. The van der Waals surface area contributed by atoms with Crippen LogP contribution in [0.5, 0.6) is 0 Å². The van der Waals surface area contributed by atoms with Gasteiger partial charge < -0.3 is 10.6 Å². The van der Waals surface area contributed by atoms with Crippen molar-refractivity contribution in [2.75, 3.05) is 31.9 Å². The maximum Gasteiger partial charge on any atom is 0.245 e. The van der Waals surface area contributed by atoms with E-state index in [1.807, 2.05) is 0 Å². The Labute approximate surface area is 106 Å². The summed E-state index contributed by atoms with van der Waals surface area (Å²) < 4.78 is 26.0. The minimum Gasteiger partial charge on any atom is -0.398 e. The second kappa shape index (κ2) is 4.95. The predicted molar refractivity (Wildman–Crippen MR) is 67.3 cm³/mol. The van der Waals surface area contributed by atoms with Gasteiger partial charge in [0.1, 0.15) is 4.90 Å². The molecule has 1 aliphatic heterocycles. The Kier molecular flexibility index (Phi) is 3.53. The highest BCUT2D eigenvalue weighted by molar-refractivity contribution is 7.89. The van der Waals surface area contributed by atoms with E-state index in [2.05, 4.69) is 0 Å². The van der Waals surface area contributed by atoms with E-state index in [4.69, 9.17) is 5.73 Å². The van der Waals surface area contributed by atoms with E-state index in [0.717, 1.165) is 6.41 Å².